The van der Waals surface area contributed by atoms with E-state index >= 15 is 0 Å². The summed E-state index contributed by atoms with van der Waals surface area (Å²) in [6, 6.07) is 1.41. The SMILES string of the molecule is CCC(COC)n1cc(Cl)nc(N2CCc3cc(OC)c(F)c(Cl)c32)c1=O. The second-order valence-electron chi connectivity index (χ2n) is 6.23. The van der Waals surface area contributed by atoms with Gasteiger partial charge in [0, 0.05) is 19.9 Å². The predicted molar refractivity (Wildman–Crippen MR) is 103 cm³/mol. The van der Waals surface area contributed by atoms with Gasteiger partial charge in [-0.3, -0.25) is 4.79 Å². The minimum absolute atomic E-state index is 0.0724. The Morgan fingerprint density at radius 2 is 2.11 bits per heavy atom. The molecular weight excluding hydrogens is 396 g/mol. The maximum absolute atomic E-state index is 14.5. The Bertz CT molecular complexity index is 920. The van der Waals surface area contributed by atoms with Gasteiger partial charge in [-0.1, -0.05) is 30.1 Å². The zero-order valence-electron chi connectivity index (χ0n) is 15.3. The Kier molecular flexibility index (Phi) is 5.93. The fraction of sp³-hybridized carbons (Fsp3) is 0.444. The lowest BCUT2D eigenvalue weighted by molar-refractivity contribution is 0.151. The van der Waals surface area contributed by atoms with Crippen LogP contribution in [0.15, 0.2) is 17.1 Å². The average molecular weight is 416 g/mol. The second-order valence-corrected chi connectivity index (χ2v) is 7.00. The van der Waals surface area contributed by atoms with Gasteiger partial charge in [0.1, 0.15) is 10.2 Å². The Morgan fingerprint density at radius 3 is 2.74 bits per heavy atom. The molecule has 1 atom stereocenters. The Balaban J connectivity index is 2.14. The molecule has 146 valence electrons. The van der Waals surface area contributed by atoms with Gasteiger partial charge in [0.15, 0.2) is 11.6 Å². The molecule has 2 aromatic rings. The van der Waals surface area contributed by atoms with E-state index < -0.39 is 5.82 Å². The molecule has 1 aromatic carbocycles. The van der Waals surface area contributed by atoms with Crippen molar-refractivity contribution in [2.24, 2.45) is 0 Å². The van der Waals surface area contributed by atoms with Gasteiger partial charge in [0.05, 0.1) is 25.4 Å². The van der Waals surface area contributed by atoms with Gasteiger partial charge in [-0.05, 0) is 24.5 Å². The molecule has 3 rings (SSSR count). The lowest BCUT2D eigenvalue weighted by Crippen LogP contribution is -2.33. The lowest BCUT2D eigenvalue weighted by atomic mass is 10.1. The average Bonchev–Trinajstić information content (AvgIpc) is 3.08. The number of hydrogen-bond donors (Lipinski definition) is 0. The van der Waals surface area contributed by atoms with E-state index in [1.165, 1.54) is 17.9 Å². The van der Waals surface area contributed by atoms with Crippen LogP contribution in [0.3, 0.4) is 0 Å². The van der Waals surface area contributed by atoms with Crippen LogP contribution in [0.2, 0.25) is 10.2 Å². The normalized spacial score (nSPS) is 14.4. The summed E-state index contributed by atoms with van der Waals surface area (Å²) >= 11 is 12.4. The number of methoxy groups -OCH3 is 2. The van der Waals surface area contributed by atoms with Gasteiger partial charge in [-0.25, -0.2) is 9.37 Å². The minimum Gasteiger partial charge on any atom is -0.494 e. The summed E-state index contributed by atoms with van der Waals surface area (Å²) in [5.74, 6) is -0.483. The monoisotopic (exact) mass is 415 g/mol. The molecule has 0 saturated heterocycles. The molecule has 0 aliphatic carbocycles. The molecule has 0 N–H and O–H groups in total. The molecule has 9 heteroatoms. The zero-order chi connectivity index (χ0) is 19.7. The van der Waals surface area contributed by atoms with Crippen molar-refractivity contribution in [3.63, 3.8) is 0 Å². The fourth-order valence-corrected chi connectivity index (χ4v) is 3.83. The minimum atomic E-state index is -0.669. The van der Waals surface area contributed by atoms with Crippen molar-refractivity contribution in [2.75, 3.05) is 32.3 Å². The fourth-order valence-electron chi connectivity index (χ4n) is 3.33. The van der Waals surface area contributed by atoms with E-state index in [1.54, 1.807) is 18.1 Å². The maximum atomic E-state index is 14.5. The van der Waals surface area contributed by atoms with Gasteiger partial charge >= 0.3 is 0 Å². The molecule has 0 bridgehead atoms. The highest BCUT2D eigenvalue weighted by molar-refractivity contribution is 6.34. The van der Waals surface area contributed by atoms with E-state index in [0.29, 0.717) is 31.7 Å². The molecule has 0 amide bonds. The molecule has 1 aromatic heterocycles. The molecule has 1 aliphatic rings. The first-order valence-corrected chi connectivity index (χ1v) is 9.28. The van der Waals surface area contributed by atoms with Crippen LogP contribution in [-0.2, 0) is 11.2 Å². The van der Waals surface area contributed by atoms with Crippen LogP contribution >= 0.6 is 23.2 Å². The third-order valence-corrected chi connectivity index (χ3v) is 5.21. The summed E-state index contributed by atoms with van der Waals surface area (Å²) in [5.41, 5.74) is 0.881. The Hall–Kier alpha value is -1.83. The van der Waals surface area contributed by atoms with Gasteiger partial charge in [-0.2, -0.15) is 0 Å². The molecule has 6 nitrogen and oxygen atoms in total. The van der Waals surface area contributed by atoms with Crippen molar-refractivity contribution in [1.82, 2.24) is 9.55 Å². The van der Waals surface area contributed by atoms with Crippen molar-refractivity contribution < 1.29 is 13.9 Å². The number of aromatic nitrogens is 2. The van der Waals surface area contributed by atoms with Crippen molar-refractivity contribution >= 4 is 34.7 Å². The Morgan fingerprint density at radius 1 is 1.37 bits per heavy atom. The highest BCUT2D eigenvalue weighted by Gasteiger charge is 2.31. The smallest absolute Gasteiger partial charge is 0.294 e. The highest BCUT2D eigenvalue weighted by atomic mass is 35.5. The first kappa shape index (κ1) is 19.9. The first-order chi connectivity index (χ1) is 12.9. The molecule has 0 saturated carbocycles. The molecule has 0 radical (unpaired) electrons. The zero-order valence-corrected chi connectivity index (χ0v) is 16.8. The van der Waals surface area contributed by atoms with Gasteiger partial charge in [-0.15, -0.1) is 0 Å². The van der Waals surface area contributed by atoms with E-state index in [0.717, 1.165) is 5.56 Å². The van der Waals surface area contributed by atoms with Crippen molar-refractivity contribution in [1.29, 1.82) is 0 Å². The summed E-state index contributed by atoms with van der Waals surface area (Å²) < 4.78 is 26.2. The van der Waals surface area contributed by atoms with Gasteiger partial charge in [0.25, 0.3) is 5.56 Å². The highest BCUT2D eigenvalue weighted by Crippen LogP contribution is 2.43. The molecule has 0 fully saturated rings. The van der Waals surface area contributed by atoms with Crippen LogP contribution in [-0.4, -0.2) is 36.9 Å². The number of halogens is 3. The molecule has 0 spiro atoms. The van der Waals surface area contributed by atoms with Crippen LogP contribution in [0.5, 0.6) is 5.75 Å². The Labute approximate surface area is 166 Å². The molecule has 2 heterocycles. The van der Waals surface area contributed by atoms with E-state index in [1.807, 2.05) is 6.92 Å². The van der Waals surface area contributed by atoms with Gasteiger partial charge in [0.2, 0.25) is 5.82 Å². The van der Waals surface area contributed by atoms with E-state index in [4.69, 9.17) is 32.7 Å². The van der Waals surface area contributed by atoms with Crippen LogP contribution in [0.25, 0.3) is 0 Å². The van der Waals surface area contributed by atoms with Crippen molar-refractivity contribution in [2.45, 2.75) is 25.8 Å². The van der Waals surface area contributed by atoms with Crippen molar-refractivity contribution in [3.05, 3.63) is 44.2 Å². The number of rotatable bonds is 6. The summed E-state index contributed by atoms with van der Waals surface area (Å²) in [4.78, 5) is 18.9. The van der Waals surface area contributed by atoms with Crippen LogP contribution < -0.4 is 15.2 Å². The third-order valence-electron chi connectivity index (χ3n) is 4.68. The van der Waals surface area contributed by atoms with E-state index in [2.05, 4.69) is 4.98 Å². The number of hydrogen-bond acceptors (Lipinski definition) is 5. The number of anilines is 2. The number of fused-ring (bicyclic) bond motifs is 1. The molecule has 27 heavy (non-hydrogen) atoms. The summed E-state index contributed by atoms with van der Waals surface area (Å²) in [6.45, 7) is 2.75. The van der Waals surface area contributed by atoms with Crippen molar-refractivity contribution in [3.8, 4) is 5.75 Å². The van der Waals surface area contributed by atoms with E-state index in [-0.39, 0.29) is 33.3 Å². The molecule has 1 unspecified atom stereocenters. The number of benzene rings is 1. The van der Waals surface area contributed by atoms with Gasteiger partial charge < -0.3 is 18.9 Å². The maximum Gasteiger partial charge on any atom is 0.294 e. The third kappa shape index (κ3) is 3.51. The molecular formula is C18H20Cl2FN3O3. The second kappa shape index (κ2) is 8.04. The number of nitrogens with zero attached hydrogens (tertiary/aromatic N) is 3. The summed E-state index contributed by atoms with van der Waals surface area (Å²) in [5, 5.41) is 0.0659. The number of ether oxygens (including phenoxy) is 2. The summed E-state index contributed by atoms with van der Waals surface area (Å²) in [6.07, 6.45) is 2.75. The van der Waals surface area contributed by atoms with Crippen LogP contribution in [0.1, 0.15) is 24.9 Å². The quantitative estimate of drug-likeness (QED) is 0.713. The standard InChI is InChI=1S/C18H20Cl2FN3O3/c1-4-11(9-26-2)24-8-13(19)22-17(18(24)25)23-6-5-10-7-12(27-3)15(21)14(20)16(10)23/h7-8,11H,4-6,9H2,1-3H3. The van der Waals surface area contributed by atoms with E-state index in [9.17, 15) is 9.18 Å². The molecule has 1 aliphatic heterocycles. The predicted octanol–water partition coefficient (Wildman–Crippen LogP) is 3.99. The lowest BCUT2D eigenvalue weighted by Gasteiger charge is -2.23. The largest absolute Gasteiger partial charge is 0.494 e. The van der Waals surface area contributed by atoms with Crippen LogP contribution in [0, 0.1) is 5.82 Å². The first-order valence-electron chi connectivity index (χ1n) is 8.52. The topological polar surface area (TPSA) is 56.6 Å². The van der Waals surface area contributed by atoms with Crippen LogP contribution in [0.4, 0.5) is 15.9 Å². The summed E-state index contributed by atoms with van der Waals surface area (Å²) in [7, 11) is 2.95.